The molecule has 1 fully saturated rings. The minimum Gasteiger partial charge on any atom is -0.437 e. The first-order valence-electron chi connectivity index (χ1n) is 8.35. The Morgan fingerprint density at radius 2 is 2.08 bits per heavy atom. The van der Waals surface area contributed by atoms with E-state index < -0.39 is 0 Å². The van der Waals surface area contributed by atoms with Gasteiger partial charge in [0.05, 0.1) is 31.3 Å². The molecule has 0 radical (unpaired) electrons. The highest BCUT2D eigenvalue weighted by atomic mass is 32.1. The summed E-state index contributed by atoms with van der Waals surface area (Å²) in [6.07, 6.45) is 3.43. The monoisotopic (exact) mass is 356 g/mol. The Kier molecular flexibility index (Phi) is 4.61. The van der Waals surface area contributed by atoms with E-state index in [1.54, 1.807) is 23.7 Å². The minimum absolute atomic E-state index is 0.614. The number of hydrogen-bond donors (Lipinski definition) is 0. The molecule has 0 unspecified atom stereocenters. The lowest BCUT2D eigenvalue weighted by atomic mass is 10.2. The lowest BCUT2D eigenvalue weighted by Crippen LogP contribution is -2.36. The molecule has 0 saturated carbocycles. The van der Waals surface area contributed by atoms with Crippen LogP contribution in [-0.4, -0.2) is 46.2 Å². The fourth-order valence-electron chi connectivity index (χ4n) is 2.88. The first kappa shape index (κ1) is 16.4. The Bertz CT molecular complexity index is 876. The number of rotatable bonds is 4. The van der Waals surface area contributed by atoms with Crippen LogP contribution in [0.3, 0.4) is 0 Å². The fourth-order valence-corrected chi connectivity index (χ4v) is 3.92. The topological polar surface area (TPSA) is 60.4 Å². The summed E-state index contributed by atoms with van der Waals surface area (Å²) < 4.78 is 11.5. The van der Waals surface area contributed by atoms with Crippen molar-refractivity contribution in [1.82, 2.24) is 19.9 Å². The van der Waals surface area contributed by atoms with Gasteiger partial charge >= 0.3 is 0 Å². The Labute approximate surface area is 150 Å². The zero-order valence-electron chi connectivity index (χ0n) is 14.4. The van der Waals surface area contributed by atoms with Gasteiger partial charge in [-0.2, -0.15) is 4.98 Å². The van der Waals surface area contributed by atoms with Gasteiger partial charge in [0.25, 0.3) is 0 Å². The van der Waals surface area contributed by atoms with Crippen LogP contribution in [0.2, 0.25) is 0 Å². The van der Waals surface area contributed by atoms with Crippen molar-refractivity contribution in [2.24, 2.45) is 0 Å². The van der Waals surface area contributed by atoms with Crippen molar-refractivity contribution < 1.29 is 9.47 Å². The standard InChI is InChI=1S/C18H20N4O2S/c1-12-13(2)25-18-16(12)17(24-14-4-3-5-19-10-14)20-15(21-18)11-22-6-8-23-9-7-22/h3-5,10H,6-9,11H2,1-2H3. The Morgan fingerprint density at radius 1 is 1.24 bits per heavy atom. The summed E-state index contributed by atoms with van der Waals surface area (Å²) in [4.78, 5) is 18.2. The maximum Gasteiger partial charge on any atom is 0.231 e. The van der Waals surface area contributed by atoms with Crippen LogP contribution in [0.5, 0.6) is 11.6 Å². The molecule has 4 rings (SSSR count). The van der Waals surface area contributed by atoms with E-state index in [1.165, 1.54) is 10.4 Å². The number of nitrogens with zero attached hydrogens (tertiary/aromatic N) is 4. The van der Waals surface area contributed by atoms with Gasteiger partial charge in [-0.25, -0.2) is 4.98 Å². The molecule has 0 N–H and O–H groups in total. The number of fused-ring (bicyclic) bond motifs is 1. The zero-order chi connectivity index (χ0) is 17.2. The second-order valence-corrected chi connectivity index (χ2v) is 7.29. The van der Waals surface area contributed by atoms with Gasteiger partial charge in [0.1, 0.15) is 16.4 Å². The molecule has 4 heterocycles. The predicted molar refractivity (Wildman–Crippen MR) is 97.3 cm³/mol. The molecule has 1 aliphatic rings. The highest BCUT2D eigenvalue weighted by Crippen LogP contribution is 2.36. The van der Waals surface area contributed by atoms with Crippen molar-refractivity contribution in [2.75, 3.05) is 26.3 Å². The highest BCUT2D eigenvalue weighted by Gasteiger charge is 2.19. The number of aryl methyl sites for hydroxylation is 2. The minimum atomic E-state index is 0.614. The number of thiophene rings is 1. The maximum atomic E-state index is 6.07. The van der Waals surface area contributed by atoms with Crippen LogP contribution in [0.1, 0.15) is 16.3 Å². The summed E-state index contributed by atoms with van der Waals surface area (Å²) in [5, 5.41) is 0.997. The van der Waals surface area contributed by atoms with Gasteiger partial charge in [-0.05, 0) is 31.5 Å². The van der Waals surface area contributed by atoms with Crippen LogP contribution in [0.4, 0.5) is 0 Å². The van der Waals surface area contributed by atoms with Gasteiger partial charge in [-0.15, -0.1) is 11.3 Å². The molecule has 6 nitrogen and oxygen atoms in total. The predicted octanol–water partition coefficient (Wildman–Crippen LogP) is 3.33. The lowest BCUT2D eigenvalue weighted by Gasteiger charge is -2.25. The van der Waals surface area contributed by atoms with E-state index in [1.807, 2.05) is 12.1 Å². The van der Waals surface area contributed by atoms with Crippen molar-refractivity contribution in [3.8, 4) is 11.6 Å². The van der Waals surface area contributed by atoms with E-state index in [0.29, 0.717) is 18.2 Å². The molecule has 1 aliphatic heterocycles. The first-order chi connectivity index (χ1) is 12.2. The molecule has 130 valence electrons. The van der Waals surface area contributed by atoms with Crippen molar-refractivity contribution in [2.45, 2.75) is 20.4 Å². The van der Waals surface area contributed by atoms with Crippen LogP contribution in [0.15, 0.2) is 24.5 Å². The summed E-state index contributed by atoms with van der Waals surface area (Å²) >= 11 is 1.69. The second-order valence-electron chi connectivity index (χ2n) is 6.09. The molecule has 0 bridgehead atoms. The summed E-state index contributed by atoms with van der Waals surface area (Å²) in [5.74, 6) is 2.08. The number of hydrogen-bond acceptors (Lipinski definition) is 7. The SMILES string of the molecule is Cc1sc2nc(CN3CCOCC3)nc(Oc3cccnc3)c2c1C. The Balaban J connectivity index is 1.72. The molecule has 25 heavy (non-hydrogen) atoms. The maximum absolute atomic E-state index is 6.07. The molecule has 0 amide bonds. The average Bonchev–Trinajstić information content (AvgIpc) is 2.91. The number of pyridine rings is 1. The van der Waals surface area contributed by atoms with Gasteiger partial charge in [-0.1, -0.05) is 0 Å². The van der Waals surface area contributed by atoms with E-state index in [4.69, 9.17) is 19.4 Å². The van der Waals surface area contributed by atoms with E-state index >= 15 is 0 Å². The van der Waals surface area contributed by atoms with Gasteiger partial charge in [0.15, 0.2) is 0 Å². The zero-order valence-corrected chi connectivity index (χ0v) is 15.2. The van der Waals surface area contributed by atoms with Gasteiger partial charge < -0.3 is 9.47 Å². The first-order valence-corrected chi connectivity index (χ1v) is 9.17. The molecule has 7 heteroatoms. The van der Waals surface area contributed by atoms with Crippen molar-refractivity contribution in [3.05, 3.63) is 40.8 Å². The van der Waals surface area contributed by atoms with E-state index in [-0.39, 0.29) is 0 Å². The van der Waals surface area contributed by atoms with Crippen LogP contribution in [-0.2, 0) is 11.3 Å². The van der Waals surface area contributed by atoms with E-state index in [0.717, 1.165) is 42.3 Å². The van der Waals surface area contributed by atoms with E-state index in [2.05, 4.69) is 23.7 Å². The third-order valence-corrected chi connectivity index (χ3v) is 5.46. The molecule has 0 aliphatic carbocycles. The third-order valence-electron chi connectivity index (χ3n) is 4.36. The molecule has 0 aromatic carbocycles. The lowest BCUT2D eigenvalue weighted by molar-refractivity contribution is 0.0330. The average molecular weight is 356 g/mol. The quantitative estimate of drug-likeness (QED) is 0.715. The summed E-state index contributed by atoms with van der Waals surface area (Å²) in [5.41, 5.74) is 1.18. The van der Waals surface area contributed by atoms with Crippen molar-refractivity contribution >= 4 is 21.6 Å². The largest absolute Gasteiger partial charge is 0.437 e. The van der Waals surface area contributed by atoms with Gasteiger partial charge in [0.2, 0.25) is 5.88 Å². The molecule has 0 atom stereocenters. The van der Waals surface area contributed by atoms with Gasteiger partial charge in [-0.3, -0.25) is 9.88 Å². The summed E-state index contributed by atoms with van der Waals surface area (Å²) in [6.45, 7) is 8.24. The van der Waals surface area contributed by atoms with Crippen molar-refractivity contribution in [3.63, 3.8) is 0 Å². The summed E-state index contributed by atoms with van der Waals surface area (Å²) in [7, 11) is 0. The van der Waals surface area contributed by atoms with Crippen molar-refractivity contribution in [1.29, 1.82) is 0 Å². The van der Waals surface area contributed by atoms with Crippen LogP contribution in [0, 0.1) is 13.8 Å². The van der Waals surface area contributed by atoms with Crippen LogP contribution in [0.25, 0.3) is 10.2 Å². The number of morpholine rings is 1. The molecular formula is C18H20N4O2S. The summed E-state index contributed by atoms with van der Waals surface area (Å²) in [6, 6.07) is 3.74. The highest BCUT2D eigenvalue weighted by molar-refractivity contribution is 7.18. The third kappa shape index (κ3) is 3.49. The second kappa shape index (κ2) is 7.03. The van der Waals surface area contributed by atoms with Crippen LogP contribution >= 0.6 is 11.3 Å². The molecule has 1 saturated heterocycles. The number of aromatic nitrogens is 3. The Hall–Kier alpha value is -2.09. The normalized spacial score (nSPS) is 15.6. The fraction of sp³-hybridized carbons (Fsp3) is 0.389. The molecule has 3 aromatic heterocycles. The smallest absolute Gasteiger partial charge is 0.231 e. The van der Waals surface area contributed by atoms with Crippen LogP contribution < -0.4 is 4.74 Å². The van der Waals surface area contributed by atoms with Gasteiger partial charge in [0, 0.05) is 24.2 Å². The number of ether oxygens (including phenoxy) is 2. The molecular weight excluding hydrogens is 336 g/mol. The van der Waals surface area contributed by atoms with E-state index in [9.17, 15) is 0 Å². The Morgan fingerprint density at radius 3 is 2.84 bits per heavy atom. The molecule has 3 aromatic rings. The molecule has 0 spiro atoms.